The van der Waals surface area contributed by atoms with Crippen molar-refractivity contribution in [2.24, 2.45) is 0 Å². The summed E-state index contributed by atoms with van der Waals surface area (Å²) in [5, 5.41) is 0. The number of nitrogen functional groups attached to an aromatic ring is 1. The van der Waals surface area contributed by atoms with Gasteiger partial charge in [-0.25, -0.2) is 0 Å². The molecule has 1 aliphatic rings. The molecule has 1 saturated heterocycles. The molecule has 1 aliphatic heterocycles. The number of halogens is 1. The van der Waals surface area contributed by atoms with E-state index < -0.39 is 18.3 Å². The van der Waals surface area contributed by atoms with Crippen LogP contribution in [0, 0.1) is 0 Å². The Kier molecular flexibility index (Phi) is 2.22. The van der Waals surface area contributed by atoms with Gasteiger partial charge in [0, 0.05) is 10.2 Å². The topological polar surface area (TPSA) is 44.5 Å². The Morgan fingerprint density at radius 3 is 2.29 bits per heavy atom. The smallest absolute Gasteiger partial charge is 0.399 e. The lowest BCUT2D eigenvalue weighted by atomic mass is 9.79. The second kappa shape index (κ2) is 4.00. The van der Waals surface area contributed by atoms with Crippen LogP contribution >= 0.6 is 15.9 Å². The van der Waals surface area contributed by atoms with Gasteiger partial charge in [-0.05, 0) is 61.2 Å². The minimum atomic E-state index is -0.846. The van der Waals surface area contributed by atoms with E-state index in [1.54, 1.807) is 0 Å². The fourth-order valence-electron chi connectivity index (χ4n) is 1.49. The Morgan fingerprint density at radius 2 is 1.76 bits per heavy atom. The van der Waals surface area contributed by atoms with Crippen LogP contribution < -0.4 is 11.2 Å². The van der Waals surface area contributed by atoms with Crippen LogP contribution in [0.5, 0.6) is 0 Å². The third kappa shape index (κ3) is 2.24. The normalized spacial score (nSPS) is 24.3. The van der Waals surface area contributed by atoms with Crippen LogP contribution in [0.4, 0.5) is 5.69 Å². The molecule has 92 valence electrons. The molecule has 0 atom stereocenters. The van der Waals surface area contributed by atoms with E-state index in [9.17, 15) is 0 Å². The Bertz CT molecular complexity index is 535. The molecular weight excluding hydrogens is 281 g/mol. The van der Waals surface area contributed by atoms with Gasteiger partial charge >= 0.3 is 7.12 Å². The van der Waals surface area contributed by atoms with Gasteiger partial charge in [0.2, 0.25) is 0 Å². The number of hydrogen-bond donors (Lipinski definition) is 1. The number of anilines is 1. The first-order chi connectivity index (χ1) is 8.99. The summed E-state index contributed by atoms with van der Waals surface area (Å²) >= 11 is 3.19. The first-order valence-corrected chi connectivity index (χ1v) is 6.19. The van der Waals surface area contributed by atoms with E-state index in [0.29, 0.717) is 4.47 Å². The molecule has 3 nitrogen and oxygen atoms in total. The van der Waals surface area contributed by atoms with Gasteiger partial charge in [-0.1, -0.05) is 6.04 Å². The summed E-state index contributed by atoms with van der Waals surface area (Å²) in [5.41, 5.74) is 4.89. The SMILES string of the molecule is [2H]c1c([2H])c(B2OC(C)(C)C(C)(C)O2)c([2H])c(Br)c1N. The maximum absolute atomic E-state index is 8.11. The Labute approximate surface area is 115 Å². The second-order valence-corrected chi connectivity index (χ2v) is 5.90. The lowest BCUT2D eigenvalue weighted by Crippen LogP contribution is -2.41. The standard InChI is InChI=1S/C12H17BBrNO2/c1-11(2)12(3,4)17-13(16-11)8-5-6-10(15)9(14)7-8/h5-7H,15H2,1-4H3/i5D,6D,7D. The Morgan fingerprint density at radius 1 is 1.24 bits per heavy atom. The first-order valence-electron chi connectivity index (χ1n) is 6.90. The molecule has 0 unspecified atom stereocenters. The van der Waals surface area contributed by atoms with Crippen LogP contribution in [-0.2, 0) is 9.31 Å². The summed E-state index contributed by atoms with van der Waals surface area (Å²) in [6, 6.07) is -0.228. The van der Waals surface area contributed by atoms with Crippen LogP contribution in [0.3, 0.4) is 0 Å². The highest BCUT2D eigenvalue weighted by Crippen LogP contribution is 2.36. The number of nitrogens with two attached hydrogens (primary N) is 1. The molecule has 0 aliphatic carbocycles. The number of rotatable bonds is 1. The lowest BCUT2D eigenvalue weighted by Gasteiger charge is -2.32. The maximum Gasteiger partial charge on any atom is 0.494 e. The van der Waals surface area contributed by atoms with Crippen LogP contribution in [0.25, 0.3) is 0 Å². The molecule has 2 N–H and O–H groups in total. The average molecular weight is 301 g/mol. The summed E-state index contributed by atoms with van der Waals surface area (Å²) in [4.78, 5) is 0. The first kappa shape index (κ1) is 9.42. The van der Waals surface area contributed by atoms with Crippen molar-refractivity contribution >= 4 is 34.2 Å². The highest BCUT2D eigenvalue weighted by atomic mass is 79.9. The summed E-state index contributed by atoms with van der Waals surface area (Å²) in [5.74, 6) is 0. The van der Waals surface area contributed by atoms with Crippen LogP contribution in [-0.4, -0.2) is 18.3 Å². The van der Waals surface area contributed by atoms with Crippen molar-refractivity contribution in [1.82, 2.24) is 0 Å². The third-order valence-electron chi connectivity index (χ3n) is 3.30. The molecule has 17 heavy (non-hydrogen) atoms. The van der Waals surface area contributed by atoms with Crippen molar-refractivity contribution in [2.45, 2.75) is 38.9 Å². The molecule has 1 heterocycles. The van der Waals surface area contributed by atoms with E-state index in [-0.39, 0.29) is 29.3 Å². The molecule has 1 aromatic rings. The maximum atomic E-state index is 8.11. The summed E-state index contributed by atoms with van der Waals surface area (Å²) in [7, 11) is -0.846. The highest BCUT2D eigenvalue weighted by molar-refractivity contribution is 9.10. The Balaban J connectivity index is 2.57. The second-order valence-electron chi connectivity index (χ2n) is 5.10. The largest absolute Gasteiger partial charge is 0.494 e. The number of hydrogen-bond acceptors (Lipinski definition) is 3. The highest BCUT2D eigenvalue weighted by Gasteiger charge is 2.51. The summed E-state index contributed by atoms with van der Waals surface area (Å²) in [6.07, 6.45) is 0. The van der Waals surface area contributed by atoms with Crippen molar-refractivity contribution in [1.29, 1.82) is 0 Å². The molecule has 0 spiro atoms. The van der Waals surface area contributed by atoms with Gasteiger partial charge in [0.1, 0.15) is 0 Å². The lowest BCUT2D eigenvalue weighted by molar-refractivity contribution is 0.00578. The monoisotopic (exact) mass is 300 g/mol. The molecule has 0 amide bonds. The van der Waals surface area contributed by atoms with Crippen LogP contribution in [0.15, 0.2) is 22.6 Å². The minimum absolute atomic E-state index is 0.0296. The van der Waals surface area contributed by atoms with E-state index in [1.807, 2.05) is 27.7 Å². The van der Waals surface area contributed by atoms with Gasteiger partial charge in [0.15, 0.2) is 0 Å². The quantitative estimate of drug-likeness (QED) is 0.639. The molecule has 1 aromatic carbocycles. The van der Waals surface area contributed by atoms with Crippen LogP contribution in [0.1, 0.15) is 31.8 Å². The molecule has 1 fully saturated rings. The van der Waals surface area contributed by atoms with E-state index in [1.165, 1.54) is 0 Å². The van der Waals surface area contributed by atoms with Crippen molar-refractivity contribution in [2.75, 3.05) is 5.73 Å². The third-order valence-corrected chi connectivity index (χ3v) is 3.93. The van der Waals surface area contributed by atoms with Crippen molar-refractivity contribution in [3.05, 3.63) is 22.6 Å². The zero-order valence-corrected chi connectivity index (χ0v) is 11.9. The fraction of sp³-hybridized carbons (Fsp3) is 0.500. The molecule has 0 radical (unpaired) electrons. The molecule has 5 heteroatoms. The van der Waals surface area contributed by atoms with E-state index >= 15 is 0 Å². The molecule has 0 aromatic heterocycles. The van der Waals surface area contributed by atoms with E-state index in [0.717, 1.165) is 0 Å². The zero-order valence-electron chi connectivity index (χ0n) is 13.3. The molecule has 2 rings (SSSR count). The Hall–Kier alpha value is -0.515. The number of benzene rings is 1. The van der Waals surface area contributed by atoms with Gasteiger partial charge < -0.3 is 15.0 Å². The van der Waals surface area contributed by atoms with Gasteiger partial charge in [-0.15, -0.1) is 0 Å². The van der Waals surface area contributed by atoms with Crippen molar-refractivity contribution in [3.8, 4) is 0 Å². The van der Waals surface area contributed by atoms with Crippen LogP contribution in [0.2, 0.25) is 0 Å². The van der Waals surface area contributed by atoms with Gasteiger partial charge in [-0.3, -0.25) is 0 Å². The summed E-state index contributed by atoms with van der Waals surface area (Å²) in [6.45, 7) is 7.59. The summed E-state index contributed by atoms with van der Waals surface area (Å²) < 4.78 is 36.0. The molecule has 0 saturated carbocycles. The van der Waals surface area contributed by atoms with Gasteiger partial charge in [0.05, 0.1) is 15.3 Å². The van der Waals surface area contributed by atoms with E-state index in [4.69, 9.17) is 19.2 Å². The fourth-order valence-corrected chi connectivity index (χ4v) is 1.80. The predicted octanol–water partition coefficient (Wildman–Crippen LogP) is 2.33. The zero-order chi connectivity index (χ0) is 15.5. The van der Waals surface area contributed by atoms with Crippen molar-refractivity contribution < 1.29 is 13.4 Å². The van der Waals surface area contributed by atoms with E-state index in [2.05, 4.69) is 15.9 Å². The van der Waals surface area contributed by atoms with Crippen molar-refractivity contribution in [3.63, 3.8) is 0 Å². The molecule has 0 bridgehead atoms. The average Bonchev–Trinajstić information content (AvgIpc) is 2.53. The predicted molar refractivity (Wildman–Crippen MR) is 74.3 cm³/mol. The van der Waals surface area contributed by atoms with Gasteiger partial charge in [-0.2, -0.15) is 0 Å². The van der Waals surface area contributed by atoms with Gasteiger partial charge in [0.25, 0.3) is 0 Å². The minimum Gasteiger partial charge on any atom is -0.399 e. The molecular formula is C12H17BBrNO2.